The van der Waals surface area contributed by atoms with E-state index < -0.39 is 11.6 Å². The lowest BCUT2D eigenvalue weighted by Gasteiger charge is -2.30. The molecule has 2 atom stereocenters. The minimum absolute atomic E-state index is 0.00502. The second-order valence-corrected chi connectivity index (χ2v) is 9.19. The third-order valence-electron chi connectivity index (χ3n) is 7.06. The summed E-state index contributed by atoms with van der Waals surface area (Å²) >= 11 is 0. The van der Waals surface area contributed by atoms with Crippen LogP contribution in [0, 0.1) is 17.6 Å². The molecule has 32 heavy (non-hydrogen) atoms. The molecule has 2 fully saturated rings. The Balaban J connectivity index is 1.33. The third kappa shape index (κ3) is 5.11. The van der Waals surface area contributed by atoms with Crippen molar-refractivity contribution in [2.24, 2.45) is 5.92 Å². The lowest BCUT2D eigenvalue weighted by molar-refractivity contribution is -0.0241. The first-order valence-electron chi connectivity index (χ1n) is 12.1. The standard InChI is InChI=1S/C26H34F2N2O2/c1-3-5-17-6-12-23(32-16-17)26-29-14-20(15-30-26)18-7-9-19(10-8-18)21-11-13-22(31-4-2)25(28)24(21)27/h11,13-15,17-19,23H,3-10,12,16H2,1-2H3. The Hall–Kier alpha value is -2.08. The molecule has 2 aliphatic rings. The number of benzene rings is 1. The molecule has 0 bridgehead atoms. The Labute approximate surface area is 189 Å². The smallest absolute Gasteiger partial charge is 0.200 e. The van der Waals surface area contributed by atoms with Crippen LogP contribution in [0.1, 0.15) is 100 Å². The molecule has 1 aliphatic carbocycles. The predicted molar refractivity (Wildman–Crippen MR) is 120 cm³/mol. The quantitative estimate of drug-likeness (QED) is 0.468. The van der Waals surface area contributed by atoms with Gasteiger partial charge in [-0.1, -0.05) is 19.4 Å². The van der Waals surface area contributed by atoms with Crippen molar-refractivity contribution < 1.29 is 18.3 Å². The maximum absolute atomic E-state index is 14.6. The van der Waals surface area contributed by atoms with Gasteiger partial charge in [0, 0.05) is 12.4 Å². The number of hydrogen-bond acceptors (Lipinski definition) is 4. The van der Waals surface area contributed by atoms with Crippen LogP contribution in [0.15, 0.2) is 24.5 Å². The van der Waals surface area contributed by atoms with Crippen LogP contribution in [0.3, 0.4) is 0 Å². The van der Waals surface area contributed by atoms with Gasteiger partial charge in [-0.05, 0) is 86.8 Å². The van der Waals surface area contributed by atoms with Crippen molar-refractivity contribution in [2.45, 2.75) is 83.2 Å². The van der Waals surface area contributed by atoms with Gasteiger partial charge in [0.15, 0.2) is 17.4 Å². The summed E-state index contributed by atoms with van der Waals surface area (Å²) in [5, 5.41) is 0. The Morgan fingerprint density at radius 2 is 1.66 bits per heavy atom. The van der Waals surface area contributed by atoms with E-state index >= 15 is 0 Å². The summed E-state index contributed by atoms with van der Waals surface area (Å²) in [6.45, 7) is 5.09. The van der Waals surface area contributed by atoms with Crippen LogP contribution in [0.2, 0.25) is 0 Å². The molecule has 0 amide bonds. The zero-order valence-corrected chi connectivity index (χ0v) is 19.2. The number of aromatic nitrogens is 2. The Morgan fingerprint density at radius 3 is 2.28 bits per heavy atom. The molecule has 0 radical (unpaired) electrons. The third-order valence-corrected chi connectivity index (χ3v) is 7.06. The molecule has 2 unspecified atom stereocenters. The van der Waals surface area contributed by atoms with Crippen LogP contribution >= 0.6 is 0 Å². The summed E-state index contributed by atoms with van der Waals surface area (Å²) in [7, 11) is 0. The molecule has 4 rings (SSSR count). The van der Waals surface area contributed by atoms with E-state index in [0.717, 1.165) is 50.1 Å². The molecule has 0 N–H and O–H groups in total. The predicted octanol–water partition coefficient (Wildman–Crippen LogP) is 6.86. The van der Waals surface area contributed by atoms with Gasteiger partial charge in [0.1, 0.15) is 6.10 Å². The average Bonchev–Trinajstić information content (AvgIpc) is 2.83. The van der Waals surface area contributed by atoms with E-state index in [4.69, 9.17) is 9.47 Å². The van der Waals surface area contributed by atoms with Crippen LogP contribution in [0.4, 0.5) is 8.78 Å². The summed E-state index contributed by atoms with van der Waals surface area (Å²) in [6, 6.07) is 3.23. The van der Waals surface area contributed by atoms with Gasteiger partial charge in [0.2, 0.25) is 5.82 Å². The van der Waals surface area contributed by atoms with E-state index in [1.807, 2.05) is 12.4 Å². The first kappa shape index (κ1) is 23.1. The molecule has 1 aromatic heterocycles. The van der Waals surface area contributed by atoms with E-state index in [-0.39, 0.29) is 17.8 Å². The second-order valence-electron chi connectivity index (χ2n) is 9.19. The van der Waals surface area contributed by atoms with Crippen molar-refractivity contribution in [3.8, 4) is 5.75 Å². The number of ether oxygens (including phenoxy) is 2. The van der Waals surface area contributed by atoms with Gasteiger partial charge < -0.3 is 9.47 Å². The van der Waals surface area contributed by atoms with Gasteiger partial charge in [0.25, 0.3) is 0 Å². The highest BCUT2D eigenvalue weighted by Crippen LogP contribution is 2.42. The normalized spacial score (nSPS) is 26.1. The van der Waals surface area contributed by atoms with Gasteiger partial charge in [-0.2, -0.15) is 4.39 Å². The molecular weight excluding hydrogens is 410 g/mol. The van der Waals surface area contributed by atoms with E-state index in [9.17, 15) is 8.78 Å². The Kier molecular flexibility index (Phi) is 7.71. The SMILES string of the molecule is CCCC1CCC(c2ncc(C3CCC(c4ccc(OCC)c(F)c4F)CC3)cn2)OC1. The van der Waals surface area contributed by atoms with E-state index in [2.05, 4.69) is 16.9 Å². The highest BCUT2D eigenvalue weighted by Gasteiger charge is 2.29. The molecule has 174 valence electrons. The Morgan fingerprint density at radius 1 is 0.938 bits per heavy atom. The van der Waals surface area contributed by atoms with Crippen LogP contribution < -0.4 is 4.74 Å². The van der Waals surface area contributed by atoms with Crippen LogP contribution in [0.5, 0.6) is 5.75 Å². The molecule has 1 saturated heterocycles. The minimum Gasteiger partial charge on any atom is -0.491 e. The van der Waals surface area contributed by atoms with Gasteiger partial charge in [-0.25, -0.2) is 14.4 Å². The van der Waals surface area contributed by atoms with Crippen molar-refractivity contribution in [1.82, 2.24) is 9.97 Å². The van der Waals surface area contributed by atoms with Crippen molar-refractivity contribution >= 4 is 0 Å². The topological polar surface area (TPSA) is 44.2 Å². The molecular formula is C26H34F2N2O2. The molecule has 2 heterocycles. The fourth-order valence-corrected chi connectivity index (χ4v) is 5.24. The molecule has 1 aliphatic heterocycles. The zero-order chi connectivity index (χ0) is 22.5. The van der Waals surface area contributed by atoms with Gasteiger partial charge in [-0.3, -0.25) is 0 Å². The van der Waals surface area contributed by atoms with Gasteiger partial charge >= 0.3 is 0 Å². The van der Waals surface area contributed by atoms with Gasteiger partial charge in [0.05, 0.1) is 13.2 Å². The van der Waals surface area contributed by atoms with Crippen LogP contribution in [-0.2, 0) is 4.74 Å². The number of nitrogens with zero attached hydrogens (tertiary/aromatic N) is 2. The molecule has 4 nitrogen and oxygen atoms in total. The highest BCUT2D eigenvalue weighted by atomic mass is 19.2. The van der Waals surface area contributed by atoms with Crippen molar-refractivity contribution in [1.29, 1.82) is 0 Å². The van der Waals surface area contributed by atoms with Crippen molar-refractivity contribution in [3.05, 3.63) is 53.1 Å². The number of rotatable bonds is 7. The summed E-state index contributed by atoms with van der Waals surface area (Å²) in [4.78, 5) is 9.24. The zero-order valence-electron chi connectivity index (χ0n) is 19.2. The molecule has 1 saturated carbocycles. The molecule has 6 heteroatoms. The maximum Gasteiger partial charge on any atom is 0.200 e. The first-order chi connectivity index (χ1) is 15.6. The van der Waals surface area contributed by atoms with Crippen LogP contribution in [-0.4, -0.2) is 23.2 Å². The number of halogens is 2. The lowest BCUT2D eigenvalue weighted by Crippen LogP contribution is -2.22. The lowest BCUT2D eigenvalue weighted by atomic mass is 9.76. The van der Waals surface area contributed by atoms with Gasteiger partial charge in [-0.15, -0.1) is 0 Å². The Bertz CT molecular complexity index is 874. The van der Waals surface area contributed by atoms with Crippen molar-refractivity contribution in [2.75, 3.05) is 13.2 Å². The van der Waals surface area contributed by atoms with E-state index in [1.165, 1.54) is 19.3 Å². The summed E-state index contributed by atoms with van der Waals surface area (Å²) in [5.41, 5.74) is 1.59. The van der Waals surface area contributed by atoms with Crippen LogP contribution in [0.25, 0.3) is 0 Å². The molecule has 0 spiro atoms. The minimum atomic E-state index is -0.874. The largest absolute Gasteiger partial charge is 0.491 e. The average molecular weight is 445 g/mol. The van der Waals surface area contributed by atoms with E-state index in [0.29, 0.717) is 24.0 Å². The summed E-state index contributed by atoms with van der Waals surface area (Å²) in [6.07, 6.45) is 11.9. The summed E-state index contributed by atoms with van der Waals surface area (Å²) < 4.78 is 40.1. The summed E-state index contributed by atoms with van der Waals surface area (Å²) in [5.74, 6) is 0.189. The highest BCUT2D eigenvalue weighted by molar-refractivity contribution is 5.33. The van der Waals surface area contributed by atoms with E-state index in [1.54, 1.807) is 19.1 Å². The first-order valence-corrected chi connectivity index (χ1v) is 12.1. The molecule has 1 aromatic carbocycles. The fraction of sp³-hybridized carbons (Fsp3) is 0.615. The number of hydrogen-bond donors (Lipinski definition) is 0. The second kappa shape index (κ2) is 10.7. The maximum atomic E-state index is 14.6. The van der Waals surface area contributed by atoms with Crippen molar-refractivity contribution in [3.63, 3.8) is 0 Å². The monoisotopic (exact) mass is 444 g/mol. The fourth-order valence-electron chi connectivity index (χ4n) is 5.24. The molecule has 2 aromatic rings.